The molecule has 0 aliphatic carbocycles. The van der Waals surface area contributed by atoms with Crippen LogP contribution in [0.2, 0.25) is 0 Å². The molecule has 0 saturated carbocycles. The van der Waals surface area contributed by atoms with Crippen LogP contribution in [0.3, 0.4) is 0 Å². The zero-order chi connectivity index (χ0) is 15.3. The lowest BCUT2D eigenvalue weighted by atomic mass is 9.90. The van der Waals surface area contributed by atoms with Gasteiger partial charge in [-0.25, -0.2) is 12.7 Å². The molecule has 0 radical (unpaired) electrons. The van der Waals surface area contributed by atoms with E-state index >= 15 is 0 Å². The molecule has 1 N–H and O–H groups in total. The maximum atomic E-state index is 11.7. The normalized spacial score (nSPS) is 22.1. The van der Waals surface area contributed by atoms with Gasteiger partial charge >= 0.3 is 0 Å². The minimum Gasteiger partial charge on any atom is -0.317 e. The molecule has 0 amide bonds. The molecule has 1 aliphatic rings. The molecule has 1 heterocycles. The highest BCUT2D eigenvalue weighted by molar-refractivity contribution is 7.88. The fourth-order valence-electron chi connectivity index (χ4n) is 3.12. The van der Waals surface area contributed by atoms with Gasteiger partial charge in [0.1, 0.15) is 0 Å². The predicted molar refractivity (Wildman–Crippen MR) is 86.8 cm³/mol. The van der Waals surface area contributed by atoms with Crippen LogP contribution in [-0.2, 0) is 16.4 Å². The highest BCUT2D eigenvalue weighted by Gasteiger charge is 2.27. The quantitative estimate of drug-likeness (QED) is 0.873. The Morgan fingerprint density at radius 2 is 2.05 bits per heavy atom. The highest BCUT2D eigenvalue weighted by atomic mass is 32.2. The number of rotatable bonds is 6. The van der Waals surface area contributed by atoms with Gasteiger partial charge in [-0.3, -0.25) is 0 Å². The van der Waals surface area contributed by atoms with Gasteiger partial charge < -0.3 is 5.32 Å². The van der Waals surface area contributed by atoms with Gasteiger partial charge in [-0.15, -0.1) is 0 Å². The molecular formula is C16H26N2O2S. The van der Waals surface area contributed by atoms with Gasteiger partial charge in [0.15, 0.2) is 0 Å². The van der Waals surface area contributed by atoms with Crippen molar-refractivity contribution in [2.45, 2.75) is 31.7 Å². The zero-order valence-corrected chi connectivity index (χ0v) is 13.8. The van der Waals surface area contributed by atoms with E-state index in [1.807, 2.05) is 13.1 Å². The van der Waals surface area contributed by atoms with Crippen LogP contribution in [0, 0.1) is 5.92 Å². The Kier molecular flexibility index (Phi) is 5.79. The summed E-state index contributed by atoms with van der Waals surface area (Å²) >= 11 is 0. The van der Waals surface area contributed by atoms with E-state index in [4.69, 9.17) is 0 Å². The lowest BCUT2D eigenvalue weighted by Gasteiger charge is -2.33. The molecule has 1 saturated heterocycles. The van der Waals surface area contributed by atoms with Crippen molar-refractivity contribution in [2.24, 2.45) is 5.92 Å². The Morgan fingerprint density at radius 3 is 2.67 bits per heavy atom. The molecule has 0 bridgehead atoms. The first-order valence-electron chi connectivity index (χ1n) is 7.65. The van der Waals surface area contributed by atoms with E-state index in [0.717, 1.165) is 25.7 Å². The number of hydrogen-bond donors (Lipinski definition) is 1. The number of hydrogen-bond acceptors (Lipinski definition) is 3. The Bertz CT molecular complexity index is 530. The van der Waals surface area contributed by atoms with Crippen molar-refractivity contribution in [1.29, 1.82) is 0 Å². The third-order valence-electron chi connectivity index (χ3n) is 4.30. The zero-order valence-electron chi connectivity index (χ0n) is 13.0. The summed E-state index contributed by atoms with van der Waals surface area (Å²) in [5.41, 5.74) is 1.33. The number of piperidine rings is 1. The molecule has 1 fully saturated rings. The second-order valence-corrected chi connectivity index (χ2v) is 8.02. The summed E-state index contributed by atoms with van der Waals surface area (Å²) < 4.78 is 25.0. The minimum atomic E-state index is -3.05. The van der Waals surface area contributed by atoms with Crippen molar-refractivity contribution in [1.82, 2.24) is 9.62 Å². The van der Waals surface area contributed by atoms with Crippen LogP contribution in [0.15, 0.2) is 30.3 Å². The van der Waals surface area contributed by atoms with Crippen molar-refractivity contribution < 1.29 is 8.42 Å². The standard InChI is InChI=1S/C16H26N2O2S/c1-17-16(11-14-7-4-3-5-8-14)12-15-9-6-10-18(13-15)21(2,19)20/h3-5,7-8,15-17H,6,9-13H2,1-2H3. The van der Waals surface area contributed by atoms with E-state index in [-0.39, 0.29) is 0 Å². The van der Waals surface area contributed by atoms with Gasteiger partial charge in [-0.1, -0.05) is 30.3 Å². The Balaban J connectivity index is 1.92. The van der Waals surface area contributed by atoms with Crippen molar-refractivity contribution in [3.05, 3.63) is 35.9 Å². The highest BCUT2D eigenvalue weighted by Crippen LogP contribution is 2.23. The average Bonchev–Trinajstić information content (AvgIpc) is 2.47. The van der Waals surface area contributed by atoms with E-state index in [1.54, 1.807) is 4.31 Å². The van der Waals surface area contributed by atoms with Gasteiger partial charge in [-0.05, 0) is 44.2 Å². The molecule has 1 aliphatic heterocycles. The van der Waals surface area contributed by atoms with Gasteiger partial charge in [0.25, 0.3) is 0 Å². The van der Waals surface area contributed by atoms with Gasteiger partial charge in [0.2, 0.25) is 10.0 Å². The van der Waals surface area contributed by atoms with Gasteiger partial charge in [0, 0.05) is 19.1 Å². The maximum Gasteiger partial charge on any atom is 0.211 e. The van der Waals surface area contributed by atoms with Gasteiger partial charge in [0.05, 0.1) is 6.26 Å². The molecule has 4 nitrogen and oxygen atoms in total. The van der Waals surface area contributed by atoms with Crippen molar-refractivity contribution >= 4 is 10.0 Å². The SMILES string of the molecule is CNC(Cc1ccccc1)CC1CCCN(S(C)(=O)=O)C1. The minimum absolute atomic E-state index is 0.400. The second kappa shape index (κ2) is 7.38. The molecular weight excluding hydrogens is 284 g/mol. The summed E-state index contributed by atoms with van der Waals surface area (Å²) in [6, 6.07) is 10.9. The number of benzene rings is 1. The van der Waals surface area contributed by atoms with Crippen LogP contribution in [0.5, 0.6) is 0 Å². The van der Waals surface area contributed by atoms with Crippen LogP contribution < -0.4 is 5.32 Å². The number of nitrogens with one attached hydrogen (secondary N) is 1. The molecule has 21 heavy (non-hydrogen) atoms. The monoisotopic (exact) mass is 310 g/mol. The van der Waals surface area contributed by atoms with E-state index in [1.165, 1.54) is 11.8 Å². The first-order chi connectivity index (χ1) is 9.99. The van der Waals surface area contributed by atoms with Crippen LogP contribution in [0.4, 0.5) is 0 Å². The van der Waals surface area contributed by atoms with Crippen molar-refractivity contribution in [2.75, 3.05) is 26.4 Å². The third kappa shape index (κ3) is 5.09. The Morgan fingerprint density at radius 1 is 1.33 bits per heavy atom. The fourth-order valence-corrected chi connectivity index (χ4v) is 4.07. The Hall–Kier alpha value is -0.910. The van der Waals surface area contributed by atoms with Crippen molar-refractivity contribution in [3.63, 3.8) is 0 Å². The largest absolute Gasteiger partial charge is 0.317 e. The first-order valence-corrected chi connectivity index (χ1v) is 9.50. The summed E-state index contributed by atoms with van der Waals surface area (Å²) in [5, 5.41) is 3.38. The number of likely N-dealkylation sites (N-methyl/N-ethyl adjacent to an activating group) is 1. The van der Waals surface area contributed by atoms with Crippen LogP contribution >= 0.6 is 0 Å². The van der Waals surface area contributed by atoms with E-state index in [2.05, 4.69) is 29.6 Å². The summed E-state index contributed by atoms with van der Waals surface area (Å²) in [6.07, 6.45) is 5.43. The fraction of sp³-hybridized carbons (Fsp3) is 0.625. The Labute approximate surface area is 128 Å². The lowest BCUT2D eigenvalue weighted by Crippen LogP contribution is -2.41. The first kappa shape index (κ1) is 16.5. The summed E-state index contributed by atoms with van der Waals surface area (Å²) in [7, 11) is -1.06. The predicted octanol–water partition coefficient (Wildman–Crippen LogP) is 1.88. The van der Waals surface area contributed by atoms with E-state index < -0.39 is 10.0 Å². The topological polar surface area (TPSA) is 49.4 Å². The number of nitrogens with zero attached hydrogens (tertiary/aromatic N) is 1. The van der Waals surface area contributed by atoms with Crippen LogP contribution in [0.25, 0.3) is 0 Å². The summed E-state index contributed by atoms with van der Waals surface area (Å²) in [4.78, 5) is 0. The summed E-state index contributed by atoms with van der Waals surface area (Å²) in [5.74, 6) is 0.453. The molecule has 5 heteroatoms. The van der Waals surface area contributed by atoms with Crippen LogP contribution in [0.1, 0.15) is 24.8 Å². The molecule has 2 atom stereocenters. The smallest absolute Gasteiger partial charge is 0.211 e. The third-order valence-corrected chi connectivity index (χ3v) is 5.57. The molecule has 0 aromatic heterocycles. The van der Waals surface area contributed by atoms with Crippen LogP contribution in [-0.4, -0.2) is 45.2 Å². The molecule has 1 aromatic carbocycles. The molecule has 2 rings (SSSR count). The average molecular weight is 310 g/mol. The molecule has 0 spiro atoms. The molecule has 2 unspecified atom stereocenters. The number of sulfonamides is 1. The lowest BCUT2D eigenvalue weighted by molar-refractivity contribution is 0.239. The van der Waals surface area contributed by atoms with Gasteiger partial charge in [-0.2, -0.15) is 0 Å². The summed E-state index contributed by atoms with van der Waals surface area (Å²) in [6.45, 7) is 1.35. The second-order valence-electron chi connectivity index (χ2n) is 6.04. The van der Waals surface area contributed by atoms with E-state index in [0.29, 0.717) is 25.0 Å². The van der Waals surface area contributed by atoms with Crippen molar-refractivity contribution in [3.8, 4) is 0 Å². The molecule has 1 aromatic rings. The molecule has 118 valence electrons. The maximum absolute atomic E-state index is 11.7. The van der Waals surface area contributed by atoms with E-state index in [9.17, 15) is 8.42 Å².